The quantitative estimate of drug-likeness (QED) is 0.231. The molecular formula is C26H49N2O6PS. The van der Waals surface area contributed by atoms with E-state index < -0.39 is 48.1 Å². The van der Waals surface area contributed by atoms with Gasteiger partial charge in [0.05, 0.1) is 43.7 Å². The molecule has 1 spiro atoms. The summed E-state index contributed by atoms with van der Waals surface area (Å²) in [4.78, 5) is 28.0. The summed E-state index contributed by atoms with van der Waals surface area (Å²) in [5.41, 5.74) is -5.74. The summed E-state index contributed by atoms with van der Waals surface area (Å²) in [6.45, 7) is 9.77. The number of amides is 2. The second-order valence-corrected chi connectivity index (χ2v) is 15.9. The number of fused-ring (bicyclic) bond motifs is 4. The third kappa shape index (κ3) is 6.07. The van der Waals surface area contributed by atoms with E-state index in [0.29, 0.717) is 6.42 Å². The van der Waals surface area contributed by atoms with Crippen molar-refractivity contribution >= 4 is 31.7 Å². The van der Waals surface area contributed by atoms with Gasteiger partial charge in [-0.2, -0.15) is 5.75 Å². The second kappa shape index (κ2) is 13.1. The van der Waals surface area contributed by atoms with Crippen LogP contribution in [0.5, 0.6) is 0 Å². The number of hydrogen-bond acceptors (Lipinski definition) is 7. The van der Waals surface area contributed by atoms with Gasteiger partial charge in [0.1, 0.15) is 11.7 Å². The van der Waals surface area contributed by atoms with Crippen molar-refractivity contribution in [2.45, 2.75) is 103 Å². The molecule has 4 aliphatic heterocycles. The molecule has 36 heavy (non-hydrogen) atoms. The van der Waals surface area contributed by atoms with Gasteiger partial charge in [0.2, 0.25) is 5.72 Å². The highest BCUT2D eigenvalue weighted by Gasteiger charge is 2.73. The topological polar surface area (TPSA) is 119 Å². The van der Waals surface area contributed by atoms with Crippen LogP contribution in [-0.2, 0) is 27.0 Å². The van der Waals surface area contributed by atoms with E-state index in [0.717, 1.165) is 73.8 Å². The highest BCUT2D eigenvalue weighted by Crippen LogP contribution is 2.63. The molecule has 10 heteroatoms. The smallest absolute Gasteiger partial charge is 0.279 e. The number of rotatable bonds is 11. The van der Waals surface area contributed by atoms with Crippen LogP contribution in [0.2, 0.25) is 0 Å². The molecule has 4 saturated heterocycles. The van der Waals surface area contributed by atoms with Crippen LogP contribution in [0.3, 0.4) is 0 Å². The third-order valence-corrected chi connectivity index (χ3v) is 13.0. The first-order chi connectivity index (χ1) is 16.9. The minimum atomic E-state index is -2.04. The Morgan fingerprint density at radius 2 is 1.56 bits per heavy atom. The number of hydrogen-bond donors (Lipinski definition) is 4. The Morgan fingerprint density at radius 1 is 1.06 bits per heavy atom. The fourth-order valence-electron chi connectivity index (χ4n) is 5.93. The monoisotopic (exact) mass is 548 g/mol. The number of nitrogens with zero attached hydrogens (tertiary/aromatic N) is 1. The van der Waals surface area contributed by atoms with E-state index in [1.54, 1.807) is 0 Å². The molecule has 4 N–H and O–H groups in total. The molecule has 4 fully saturated rings. The Labute approximate surface area is 223 Å². The van der Waals surface area contributed by atoms with E-state index >= 15 is 0 Å². The van der Waals surface area contributed by atoms with Crippen molar-refractivity contribution in [2.24, 2.45) is 5.92 Å². The molecule has 0 aliphatic carbocycles. The number of aliphatic hydroxyl groups is 3. The van der Waals surface area contributed by atoms with Crippen LogP contribution in [-0.4, -0.2) is 98.7 Å². The minimum absolute atomic E-state index is 0.132. The molecule has 0 saturated carbocycles. The Morgan fingerprint density at radius 3 is 2.03 bits per heavy atom. The summed E-state index contributed by atoms with van der Waals surface area (Å²) in [6.07, 6.45) is 9.69. The second-order valence-electron chi connectivity index (χ2n) is 10.9. The number of piperazine rings is 1. The predicted molar refractivity (Wildman–Crippen MR) is 147 cm³/mol. The highest BCUT2D eigenvalue weighted by atomic mass is 32.1. The molecular weight excluding hydrogens is 499 g/mol. The SMILES string of the molecule is CCCC[P+](CCCC)(CCCC)C[C@H]1CCO[C@@]23C(=O)N[C@]1(O)C(=O)N2C[C@](C)(O)[C@@H]3O.CC[S-]. The van der Waals surface area contributed by atoms with E-state index in [-0.39, 0.29) is 13.2 Å². The largest absolute Gasteiger partial charge is 0.793 e. The van der Waals surface area contributed by atoms with Crippen molar-refractivity contribution in [2.75, 3.05) is 43.6 Å². The molecule has 0 aromatic heterocycles. The molecule has 0 aromatic carbocycles. The molecule has 5 atom stereocenters. The Kier molecular flexibility index (Phi) is 11.5. The molecule has 8 nitrogen and oxygen atoms in total. The van der Waals surface area contributed by atoms with Gasteiger partial charge < -0.3 is 38.0 Å². The summed E-state index contributed by atoms with van der Waals surface area (Å²) in [5, 5.41) is 35.7. The van der Waals surface area contributed by atoms with Crippen LogP contribution in [0, 0.1) is 5.92 Å². The van der Waals surface area contributed by atoms with Crippen molar-refractivity contribution < 1.29 is 29.6 Å². The average molecular weight is 549 g/mol. The fourth-order valence-corrected chi connectivity index (χ4v) is 11.5. The maximum absolute atomic E-state index is 13.6. The van der Waals surface area contributed by atoms with Gasteiger partial charge in [-0.1, -0.05) is 47.0 Å². The number of carbonyl (C=O) groups excluding carboxylic acids is 2. The van der Waals surface area contributed by atoms with Crippen LogP contribution < -0.4 is 5.32 Å². The van der Waals surface area contributed by atoms with Crippen molar-refractivity contribution in [3.63, 3.8) is 0 Å². The highest BCUT2D eigenvalue weighted by molar-refractivity contribution is 7.75. The molecule has 4 heterocycles. The van der Waals surface area contributed by atoms with Crippen LogP contribution in [0.25, 0.3) is 0 Å². The maximum Gasteiger partial charge on any atom is 0.279 e. The van der Waals surface area contributed by atoms with Crippen molar-refractivity contribution in [3.8, 4) is 0 Å². The average Bonchev–Trinajstić information content (AvgIpc) is 3.04. The Bertz CT molecular complexity index is 734. The Hall–Kier alpha value is -0.440. The lowest BCUT2D eigenvalue weighted by molar-refractivity contribution is -0.242. The molecule has 0 aromatic rings. The summed E-state index contributed by atoms with van der Waals surface area (Å²) in [6, 6.07) is 0. The zero-order valence-electron chi connectivity index (χ0n) is 22.9. The minimum Gasteiger partial charge on any atom is -0.793 e. The van der Waals surface area contributed by atoms with Crippen molar-refractivity contribution in [1.82, 2.24) is 10.2 Å². The lowest BCUT2D eigenvalue weighted by atomic mass is 9.86. The van der Waals surface area contributed by atoms with Gasteiger partial charge in [-0.25, -0.2) is 0 Å². The molecule has 4 rings (SSSR count). The first-order valence-corrected chi connectivity index (χ1v) is 16.9. The van der Waals surface area contributed by atoms with Crippen LogP contribution in [0.4, 0.5) is 0 Å². The molecule has 0 unspecified atom stereocenters. The van der Waals surface area contributed by atoms with Crippen molar-refractivity contribution in [3.05, 3.63) is 0 Å². The van der Waals surface area contributed by atoms with Crippen molar-refractivity contribution in [1.29, 1.82) is 0 Å². The number of aliphatic hydroxyl groups excluding tert-OH is 1. The zero-order chi connectivity index (χ0) is 27.2. The van der Waals surface area contributed by atoms with Crippen LogP contribution in [0.1, 0.15) is 79.6 Å². The van der Waals surface area contributed by atoms with E-state index in [4.69, 9.17) is 4.74 Å². The van der Waals surface area contributed by atoms with Gasteiger partial charge in [-0.3, -0.25) is 14.5 Å². The van der Waals surface area contributed by atoms with Gasteiger partial charge in [-0.05, 0) is 32.6 Å². The lowest BCUT2D eigenvalue weighted by Crippen LogP contribution is -2.80. The van der Waals surface area contributed by atoms with Crippen LogP contribution in [0.15, 0.2) is 0 Å². The number of nitrogens with one attached hydrogen (secondary N) is 1. The summed E-state index contributed by atoms with van der Waals surface area (Å²) in [5.74, 6) is -1.06. The van der Waals surface area contributed by atoms with Gasteiger partial charge in [0.25, 0.3) is 17.5 Å². The molecule has 2 bridgehead atoms. The summed E-state index contributed by atoms with van der Waals surface area (Å²) < 4.78 is 5.93. The maximum atomic E-state index is 13.6. The normalized spacial score (nSPS) is 34.0. The fraction of sp³-hybridized carbons (Fsp3) is 0.923. The molecule has 2 amide bonds. The van der Waals surface area contributed by atoms with Gasteiger partial charge in [-0.15, -0.1) is 0 Å². The standard InChI is InChI=1S/C24H43N2O6P.C2H6S/c1-5-8-13-33(14-9-6-2,15-10-7-3)16-18-11-12-32-24-19(27)22(4,30)17-26(24)21(29)23(18,31)25-20(24)28;1-2-3/h18-19,27,30-31H,5-17H2,1-4H3;3H,2H2,1H3/t18-,19+,22+,23-,24+;/m1./s1. The van der Waals surface area contributed by atoms with E-state index in [1.807, 2.05) is 6.92 Å². The van der Waals surface area contributed by atoms with Crippen LogP contribution >= 0.6 is 7.26 Å². The van der Waals surface area contributed by atoms with E-state index in [2.05, 4.69) is 38.7 Å². The number of unbranched alkanes of at least 4 members (excludes halogenated alkanes) is 3. The Balaban J connectivity index is 0.00000145. The van der Waals surface area contributed by atoms with Gasteiger partial charge >= 0.3 is 0 Å². The van der Waals surface area contributed by atoms with E-state index in [1.165, 1.54) is 6.92 Å². The van der Waals surface area contributed by atoms with Gasteiger partial charge in [0.15, 0.2) is 0 Å². The predicted octanol–water partition coefficient (Wildman–Crippen LogP) is 2.46. The molecule has 4 aliphatic rings. The molecule has 210 valence electrons. The third-order valence-electron chi connectivity index (χ3n) is 7.98. The number of carbonyl (C=O) groups is 2. The first kappa shape index (κ1) is 31.8. The summed E-state index contributed by atoms with van der Waals surface area (Å²) >= 11 is 4.39. The summed E-state index contributed by atoms with van der Waals surface area (Å²) in [7, 11) is -1.47. The van der Waals surface area contributed by atoms with Gasteiger partial charge in [0, 0.05) is 7.26 Å². The molecule has 0 radical (unpaired) electrons. The zero-order valence-corrected chi connectivity index (χ0v) is 24.6. The lowest BCUT2D eigenvalue weighted by Gasteiger charge is -2.52. The number of ether oxygens (including phenoxy) is 1. The first-order valence-electron chi connectivity index (χ1n) is 13.8. The van der Waals surface area contributed by atoms with E-state index in [9.17, 15) is 24.9 Å².